The van der Waals surface area contributed by atoms with Crippen molar-refractivity contribution in [1.82, 2.24) is 5.32 Å². The summed E-state index contributed by atoms with van der Waals surface area (Å²) in [5.41, 5.74) is -0.453. The maximum Gasteiger partial charge on any atom is 0.244 e. The Labute approximate surface area is 143 Å². The van der Waals surface area contributed by atoms with Crippen LogP contribution in [0.2, 0.25) is 0 Å². The van der Waals surface area contributed by atoms with Crippen molar-refractivity contribution in [2.24, 2.45) is 11.8 Å². The highest BCUT2D eigenvalue weighted by atomic mass is 16.3. The van der Waals surface area contributed by atoms with E-state index in [-0.39, 0.29) is 18.3 Å². The molecule has 0 bridgehead atoms. The minimum atomic E-state index is -0.453. The lowest BCUT2D eigenvalue weighted by Crippen LogP contribution is -2.43. The van der Waals surface area contributed by atoms with Crippen LogP contribution in [0.3, 0.4) is 0 Å². The summed E-state index contributed by atoms with van der Waals surface area (Å²) in [5, 5.41) is 11.4. The maximum atomic E-state index is 11.3. The minimum absolute atomic E-state index is 0.0187. The molecule has 0 aliphatic rings. The summed E-state index contributed by atoms with van der Waals surface area (Å²) in [6, 6.07) is 0. The second-order valence-electron chi connectivity index (χ2n) is 6.49. The molecule has 0 aromatic heterocycles. The average molecular weight is 330 g/mol. The van der Waals surface area contributed by atoms with Gasteiger partial charge in [0.05, 0.1) is 0 Å². The highest BCUT2D eigenvalue weighted by Crippen LogP contribution is 2.07. The van der Waals surface area contributed by atoms with E-state index < -0.39 is 5.54 Å². The molecule has 0 unspecified atom stereocenters. The Morgan fingerprint density at radius 1 is 1.04 bits per heavy atom. The summed E-state index contributed by atoms with van der Waals surface area (Å²) >= 11 is 0. The maximum absolute atomic E-state index is 11.3. The van der Waals surface area contributed by atoms with Gasteiger partial charge in [-0.25, -0.2) is 0 Å². The molecule has 0 aliphatic heterocycles. The molecule has 4 nitrogen and oxygen atoms in total. The Morgan fingerprint density at radius 3 is 1.78 bits per heavy atom. The predicted molar refractivity (Wildman–Crippen MR) is 99.4 cm³/mol. The molecule has 0 spiro atoms. The standard InChI is InChI=1S/C11H19NO3.C6H14.C2H6/c1-4-9(14)5-6-10(15)12-11(2,3)7-8-13;1-5(2)6(3)4;1-2/h5-6,13H,4,7-8H2,1-3H3,(H,12,15);5-6H,1-4H3;1-2H3/b6-5-;;. The fourth-order valence-electron chi connectivity index (χ4n) is 1.00. The Morgan fingerprint density at radius 2 is 1.48 bits per heavy atom. The molecule has 0 fully saturated rings. The Hall–Kier alpha value is -1.16. The second kappa shape index (κ2) is 15.7. The molecule has 0 atom stereocenters. The molecule has 0 aliphatic carbocycles. The summed E-state index contributed by atoms with van der Waals surface area (Å²) in [5.74, 6) is 1.32. The number of allylic oxidation sites excluding steroid dienone is 1. The van der Waals surface area contributed by atoms with Crippen LogP contribution >= 0.6 is 0 Å². The smallest absolute Gasteiger partial charge is 0.244 e. The minimum Gasteiger partial charge on any atom is -0.396 e. The van der Waals surface area contributed by atoms with E-state index >= 15 is 0 Å². The van der Waals surface area contributed by atoms with Crippen molar-refractivity contribution >= 4 is 11.7 Å². The third-order valence-corrected chi connectivity index (χ3v) is 3.30. The number of rotatable bonds is 7. The van der Waals surface area contributed by atoms with E-state index in [1.54, 1.807) is 6.92 Å². The first-order valence-corrected chi connectivity index (χ1v) is 8.69. The lowest BCUT2D eigenvalue weighted by Gasteiger charge is -2.24. The third kappa shape index (κ3) is 20.8. The van der Waals surface area contributed by atoms with Gasteiger partial charge in [0, 0.05) is 24.6 Å². The molecule has 0 aromatic carbocycles. The first kappa shape index (κ1) is 26.7. The molecule has 2 N–H and O–H groups in total. The molecule has 0 saturated carbocycles. The van der Waals surface area contributed by atoms with E-state index in [1.807, 2.05) is 27.7 Å². The van der Waals surface area contributed by atoms with Crippen molar-refractivity contribution in [2.75, 3.05) is 6.61 Å². The topological polar surface area (TPSA) is 66.4 Å². The van der Waals surface area contributed by atoms with Gasteiger partial charge in [-0.1, -0.05) is 48.5 Å². The number of aliphatic hydroxyl groups excluding tert-OH is 1. The van der Waals surface area contributed by atoms with E-state index in [9.17, 15) is 9.59 Å². The van der Waals surface area contributed by atoms with E-state index in [0.29, 0.717) is 12.8 Å². The monoisotopic (exact) mass is 329 g/mol. The zero-order valence-corrected chi connectivity index (χ0v) is 16.7. The van der Waals surface area contributed by atoms with E-state index in [4.69, 9.17) is 5.11 Å². The first-order valence-electron chi connectivity index (χ1n) is 8.69. The molecule has 0 aromatic rings. The molecule has 0 heterocycles. The van der Waals surface area contributed by atoms with E-state index in [2.05, 4.69) is 33.0 Å². The predicted octanol–water partition coefficient (Wildman–Crippen LogP) is 4.12. The number of nitrogens with one attached hydrogen (secondary N) is 1. The van der Waals surface area contributed by atoms with Gasteiger partial charge in [0.15, 0.2) is 5.78 Å². The summed E-state index contributed by atoms with van der Waals surface area (Å²) < 4.78 is 0. The van der Waals surface area contributed by atoms with Crippen molar-refractivity contribution in [1.29, 1.82) is 0 Å². The number of amides is 1. The third-order valence-electron chi connectivity index (χ3n) is 3.30. The Bertz CT molecular complexity index is 326. The van der Waals surface area contributed by atoms with Crippen molar-refractivity contribution in [2.45, 2.75) is 80.7 Å². The number of hydrogen-bond donors (Lipinski definition) is 2. The zero-order chi connectivity index (χ0) is 19.1. The molecule has 0 saturated heterocycles. The fraction of sp³-hybridized carbons (Fsp3) is 0.789. The van der Waals surface area contributed by atoms with Gasteiger partial charge in [-0.3, -0.25) is 9.59 Å². The fourth-order valence-corrected chi connectivity index (χ4v) is 1.00. The SMILES string of the molecule is CC.CC(C)C(C)C.CCC(=O)/C=C\C(=O)NC(C)(C)CCO. The van der Waals surface area contributed by atoms with Gasteiger partial charge in [0.2, 0.25) is 5.91 Å². The molecule has 138 valence electrons. The molecule has 0 radical (unpaired) electrons. The summed E-state index contributed by atoms with van der Waals surface area (Å²) in [6.07, 6.45) is 3.37. The second-order valence-corrected chi connectivity index (χ2v) is 6.49. The largest absolute Gasteiger partial charge is 0.396 e. The van der Waals surface area contributed by atoms with Crippen LogP contribution in [0.1, 0.15) is 75.2 Å². The Kier molecular flexibility index (Phi) is 18.3. The lowest BCUT2D eigenvalue weighted by atomic mass is 10.0. The van der Waals surface area contributed by atoms with Crippen molar-refractivity contribution in [3.8, 4) is 0 Å². The first-order chi connectivity index (χ1) is 10.6. The molecule has 0 rings (SSSR count). The highest BCUT2D eigenvalue weighted by molar-refractivity contribution is 5.97. The van der Waals surface area contributed by atoms with E-state index in [1.165, 1.54) is 12.2 Å². The number of carbonyl (C=O) groups is 2. The van der Waals surface area contributed by atoms with Gasteiger partial charge in [-0.15, -0.1) is 0 Å². The summed E-state index contributed by atoms with van der Waals surface area (Å²) in [6.45, 7) is 18.4. The van der Waals surface area contributed by atoms with Crippen LogP contribution in [-0.2, 0) is 9.59 Å². The van der Waals surface area contributed by atoms with Crippen LogP contribution in [0.15, 0.2) is 12.2 Å². The number of hydrogen-bond acceptors (Lipinski definition) is 3. The molecular formula is C19H39NO3. The van der Waals surface area contributed by atoms with Crippen LogP contribution in [-0.4, -0.2) is 28.9 Å². The van der Waals surface area contributed by atoms with Gasteiger partial charge < -0.3 is 10.4 Å². The number of carbonyl (C=O) groups excluding carboxylic acids is 2. The van der Waals surface area contributed by atoms with E-state index in [0.717, 1.165) is 11.8 Å². The molecule has 4 heteroatoms. The average Bonchev–Trinajstić information content (AvgIpc) is 2.46. The van der Waals surface area contributed by atoms with Crippen molar-refractivity contribution in [3.63, 3.8) is 0 Å². The van der Waals surface area contributed by atoms with Crippen LogP contribution in [0, 0.1) is 11.8 Å². The molecular weight excluding hydrogens is 290 g/mol. The quantitative estimate of drug-likeness (QED) is 0.690. The number of ketones is 1. The summed E-state index contributed by atoms with van der Waals surface area (Å²) in [4.78, 5) is 22.2. The van der Waals surface area contributed by atoms with Crippen LogP contribution in [0.4, 0.5) is 0 Å². The lowest BCUT2D eigenvalue weighted by molar-refractivity contribution is -0.119. The highest BCUT2D eigenvalue weighted by Gasteiger charge is 2.18. The normalized spacial score (nSPS) is 10.8. The van der Waals surface area contributed by atoms with Gasteiger partial charge in [-0.2, -0.15) is 0 Å². The number of aliphatic hydroxyl groups is 1. The van der Waals surface area contributed by atoms with Crippen LogP contribution < -0.4 is 5.32 Å². The zero-order valence-electron chi connectivity index (χ0n) is 16.7. The van der Waals surface area contributed by atoms with Crippen LogP contribution in [0.5, 0.6) is 0 Å². The van der Waals surface area contributed by atoms with Crippen molar-refractivity contribution < 1.29 is 14.7 Å². The van der Waals surface area contributed by atoms with Gasteiger partial charge in [0.25, 0.3) is 0 Å². The van der Waals surface area contributed by atoms with Gasteiger partial charge in [0.1, 0.15) is 0 Å². The summed E-state index contributed by atoms with van der Waals surface area (Å²) in [7, 11) is 0. The van der Waals surface area contributed by atoms with Crippen LogP contribution in [0.25, 0.3) is 0 Å². The van der Waals surface area contributed by atoms with Gasteiger partial charge in [-0.05, 0) is 38.2 Å². The van der Waals surface area contributed by atoms with Gasteiger partial charge >= 0.3 is 0 Å². The van der Waals surface area contributed by atoms with Crippen molar-refractivity contribution in [3.05, 3.63) is 12.2 Å². The Balaban J connectivity index is -0.000000418. The molecule has 23 heavy (non-hydrogen) atoms. The molecule has 1 amide bonds.